The Morgan fingerprint density at radius 3 is 1.23 bits per heavy atom. The first-order chi connectivity index (χ1) is 10.6. The van der Waals surface area contributed by atoms with Crippen LogP contribution in [0.1, 0.15) is 105 Å². The molecule has 0 unspecified atom stereocenters. The van der Waals surface area contributed by atoms with E-state index in [0.717, 1.165) is 11.3 Å². The van der Waals surface area contributed by atoms with Crippen molar-refractivity contribution in [1.82, 2.24) is 0 Å². The fourth-order valence-corrected chi connectivity index (χ4v) is 12.1. The molecule has 2 fully saturated rings. The third-order valence-corrected chi connectivity index (χ3v) is 14.2. The molecular weight excluding hydrogens is 283 g/mol. The van der Waals surface area contributed by atoms with Crippen molar-refractivity contribution in [3.63, 3.8) is 0 Å². The van der Waals surface area contributed by atoms with E-state index in [1.807, 2.05) is 27.7 Å². The Balaban J connectivity index is 0.00000102. The molecule has 0 N–H and O–H groups in total. The van der Waals surface area contributed by atoms with Gasteiger partial charge in [-0.3, -0.25) is 0 Å². The Kier molecular flexibility index (Phi) is 11.3. The predicted octanol–water partition coefficient (Wildman–Crippen LogP) is 7.93. The Morgan fingerprint density at radius 2 is 0.955 bits per heavy atom. The minimum absolute atomic E-state index is 1.13. The molecule has 0 heterocycles. The van der Waals surface area contributed by atoms with Gasteiger partial charge < -0.3 is 0 Å². The summed E-state index contributed by atoms with van der Waals surface area (Å²) in [5, 5.41) is 0. The first-order valence-electron chi connectivity index (χ1n) is 10.6. The van der Waals surface area contributed by atoms with Crippen LogP contribution in [0.3, 0.4) is 0 Å². The van der Waals surface area contributed by atoms with E-state index in [0.29, 0.717) is 0 Å². The molecule has 0 aromatic carbocycles. The topological polar surface area (TPSA) is 0 Å². The summed E-state index contributed by atoms with van der Waals surface area (Å²) in [7, 11) is 0. The van der Waals surface area contributed by atoms with E-state index in [-0.39, 0.29) is 0 Å². The average molecular weight is 331 g/mol. The van der Waals surface area contributed by atoms with Gasteiger partial charge in [0.1, 0.15) is 0 Å². The molecule has 0 aliphatic heterocycles. The second-order valence-electron chi connectivity index (χ2n) is 7.93. The molecule has 2 aliphatic carbocycles. The Bertz CT molecular complexity index is 235. The molecule has 2 rings (SSSR count). The predicted molar refractivity (Wildman–Crippen MR) is 110 cm³/mol. The van der Waals surface area contributed by atoms with Crippen LogP contribution in [0.4, 0.5) is 0 Å². The summed E-state index contributed by atoms with van der Waals surface area (Å²) in [5.41, 5.74) is 2.26. The summed E-state index contributed by atoms with van der Waals surface area (Å²) >= 11 is 0. The minimum atomic E-state index is -1.43. The van der Waals surface area contributed by atoms with E-state index >= 15 is 0 Å². The van der Waals surface area contributed by atoms with Crippen LogP contribution in [0.15, 0.2) is 0 Å². The van der Waals surface area contributed by atoms with E-state index in [1.165, 1.54) is 44.9 Å². The summed E-state index contributed by atoms with van der Waals surface area (Å²) < 4.78 is 0. The quantitative estimate of drug-likeness (QED) is 0.459. The van der Waals surface area contributed by atoms with Crippen LogP contribution in [0.25, 0.3) is 0 Å². The molecule has 1 heteroatoms. The van der Waals surface area contributed by atoms with Gasteiger partial charge in [-0.25, -0.2) is 0 Å². The first-order valence-corrected chi connectivity index (χ1v) is 14.0. The van der Waals surface area contributed by atoms with Gasteiger partial charge in [-0.1, -0.05) is 27.7 Å². The summed E-state index contributed by atoms with van der Waals surface area (Å²) in [5.74, 6) is 0. The maximum atomic E-state index is 2.81. The van der Waals surface area contributed by atoms with Crippen LogP contribution in [0.5, 0.6) is 0 Å². The summed E-state index contributed by atoms with van der Waals surface area (Å²) in [6.07, 6.45) is 18.4. The van der Waals surface area contributed by atoms with Crippen LogP contribution in [0.2, 0.25) is 0 Å². The monoisotopic (exact) mass is 330 g/mol. The van der Waals surface area contributed by atoms with Gasteiger partial charge >= 0.3 is 115 Å². The van der Waals surface area contributed by atoms with Gasteiger partial charge in [-0.05, 0) is 0 Å². The zero-order valence-electron chi connectivity index (χ0n) is 17.1. The van der Waals surface area contributed by atoms with Gasteiger partial charge in [0.15, 0.2) is 0 Å². The SMILES string of the molecule is CC.CC.CCCP(C)(C)(C1CCCCC1)C1CCCCC1. The fourth-order valence-electron chi connectivity index (χ4n) is 5.23. The number of rotatable bonds is 4. The molecule has 136 valence electrons. The summed E-state index contributed by atoms with van der Waals surface area (Å²) in [4.78, 5) is 0. The molecule has 0 aromatic heterocycles. The Morgan fingerprint density at radius 1 is 0.636 bits per heavy atom. The van der Waals surface area contributed by atoms with Crippen molar-refractivity contribution >= 4 is 6.60 Å². The molecule has 0 radical (unpaired) electrons. The average Bonchev–Trinajstić information content (AvgIpc) is 2.60. The molecular formula is C21H47P. The maximum absolute atomic E-state index is 2.81. The molecule has 0 spiro atoms. The summed E-state index contributed by atoms with van der Waals surface area (Å²) in [6.45, 7) is 14.6. The zero-order chi connectivity index (χ0) is 17.1. The van der Waals surface area contributed by atoms with E-state index < -0.39 is 6.60 Å². The molecule has 2 saturated carbocycles. The fraction of sp³-hybridized carbons (Fsp3) is 1.00. The van der Waals surface area contributed by atoms with Gasteiger partial charge in [0.05, 0.1) is 0 Å². The van der Waals surface area contributed by atoms with Gasteiger partial charge in [-0.15, -0.1) is 0 Å². The Labute approximate surface area is 143 Å². The van der Waals surface area contributed by atoms with Crippen molar-refractivity contribution in [3.8, 4) is 0 Å². The molecule has 2 aliphatic rings. The second kappa shape index (κ2) is 11.1. The van der Waals surface area contributed by atoms with E-state index in [1.54, 1.807) is 31.8 Å². The molecule has 0 saturated heterocycles. The molecule has 0 bridgehead atoms. The zero-order valence-corrected chi connectivity index (χ0v) is 18.0. The van der Waals surface area contributed by atoms with Gasteiger partial charge in [-0.2, -0.15) is 0 Å². The van der Waals surface area contributed by atoms with Crippen LogP contribution in [0, 0.1) is 0 Å². The standard InChI is InChI=1S/C17H35P.2C2H6/c1-4-15-18(2,3,16-11-7-5-8-12-16)17-13-9-6-10-14-17;2*1-2/h16-17H,4-15H2,1-3H3;2*1-2H3. The van der Waals surface area contributed by atoms with Crippen molar-refractivity contribution in [1.29, 1.82) is 0 Å². The third-order valence-electron chi connectivity index (χ3n) is 6.48. The third kappa shape index (κ3) is 5.51. The normalized spacial score (nSPS) is 22.4. The Hall–Kier alpha value is 0.430. The molecule has 0 atom stereocenters. The van der Waals surface area contributed by atoms with Crippen molar-refractivity contribution in [2.24, 2.45) is 0 Å². The van der Waals surface area contributed by atoms with Crippen molar-refractivity contribution in [2.75, 3.05) is 19.5 Å². The van der Waals surface area contributed by atoms with E-state index in [2.05, 4.69) is 20.3 Å². The van der Waals surface area contributed by atoms with Crippen molar-refractivity contribution in [2.45, 2.75) is 117 Å². The number of hydrogen-bond donors (Lipinski definition) is 0. The molecule has 0 nitrogen and oxygen atoms in total. The number of hydrogen-bond acceptors (Lipinski definition) is 0. The second-order valence-corrected chi connectivity index (χ2v) is 15.1. The first kappa shape index (κ1) is 22.4. The van der Waals surface area contributed by atoms with E-state index in [9.17, 15) is 0 Å². The van der Waals surface area contributed by atoms with Gasteiger partial charge in [0, 0.05) is 0 Å². The molecule has 22 heavy (non-hydrogen) atoms. The van der Waals surface area contributed by atoms with E-state index in [4.69, 9.17) is 0 Å². The van der Waals surface area contributed by atoms with Crippen molar-refractivity contribution in [3.05, 3.63) is 0 Å². The van der Waals surface area contributed by atoms with Gasteiger partial charge in [0.25, 0.3) is 0 Å². The van der Waals surface area contributed by atoms with Crippen LogP contribution in [-0.4, -0.2) is 30.8 Å². The van der Waals surface area contributed by atoms with Crippen LogP contribution >= 0.6 is 6.60 Å². The van der Waals surface area contributed by atoms with Crippen molar-refractivity contribution < 1.29 is 0 Å². The molecule has 0 amide bonds. The van der Waals surface area contributed by atoms with Gasteiger partial charge in [0.2, 0.25) is 0 Å². The van der Waals surface area contributed by atoms with Crippen LogP contribution < -0.4 is 0 Å². The van der Waals surface area contributed by atoms with Crippen LogP contribution in [-0.2, 0) is 0 Å². The summed E-state index contributed by atoms with van der Waals surface area (Å²) in [6, 6.07) is 0. The molecule has 0 aromatic rings.